The van der Waals surface area contributed by atoms with Gasteiger partial charge in [0.15, 0.2) is 0 Å². The first-order valence-electron chi connectivity index (χ1n) is 12.1. The number of fused-ring (bicyclic) bond motifs is 1. The molecule has 0 fully saturated rings. The number of carboxylic acid groups (broad SMARTS) is 2. The van der Waals surface area contributed by atoms with Crippen molar-refractivity contribution in [2.45, 2.75) is 70.6 Å². The molecule has 12 nitrogen and oxygen atoms in total. The molecule has 5 atom stereocenters. The van der Waals surface area contributed by atoms with E-state index >= 15 is 0 Å². The fraction of sp³-hybridized carbons (Fsp3) is 0.480. The van der Waals surface area contributed by atoms with E-state index in [1.54, 1.807) is 20.0 Å². The van der Waals surface area contributed by atoms with E-state index in [4.69, 9.17) is 10.8 Å². The van der Waals surface area contributed by atoms with E-state index < -0.39 is 53.8 Å². The first kappa shape index (κ1) is 29.3. The lowest BCUT2D eigenvalue weighted by atomic mass is 9.99. The largest absolute Gasteiger partial charge is 0.481 e. The summed E-state index contributed by atoms with van der Waals surface area (Å²) in [5.74, 6) is -4.68. The molecule has 202 valence electrons. The molecule has 12 heteroatoms. The summed E-state index contributed by atoms with van der Waals surface area (Å²) in [5, 5.41) is 26.7. The number of nitrogens with one attached hydrogen (secondary N) is 4. The zero-order valence-electron chi connectivity index (χ0n) is 21.1. The molecule has 37 heavy (non-hydrogen) atoms. The number of H-pyrrole nitrogens is 1. The molecule has 5 unspecified atom stereocenters. The van der Waals surface area contributed by atoms with E-state index in [9.17, 15) is 29.1 Å². The maximum Gasteiger partial charge on any atom is 0.326 e. The molecule has 1 aromatic carbocycles. The van der Waals surface area contributed by atoms with E-state index in [0.29, 0.717) is 6.42 Å². The highest BCUT2D eigenvalue weighted by atomic mass is 16.4. The highest BCUT2D eigenvalue weighted by Crippen LogP contribution is 2.19. The van der Waals surface area contributed by atoms with Crippen molar-refractivity contribution < 1.29 is 34.2 Å². The number of hydrogen-bond acceptors (Lipinski definition) is 6. The van der Waals surface area contributed by atoms with Crippen molar-refractivity contribution in [2.24, 2.45) is 11.7 Å². The van der Waals surface area contributed by atoms with Crippen LogP contribution in [-0.4, -0.2) is 69.0 Å². The predicted octanol–water partition coefficient (Wildman–Crippen LogP) is 0.508. The summed E-state index contributed by atoms with van der Waals surface area (Å²) < 4.78 is 0. The number of aromatic nitrogens is 1. The van der Waals surface area contributed by atoms with E-state index in [1.807, 2.05) is 24.3 Å². The summed E-state index contributed by atoms with van der Waals surface area (Å²) in [7, 11) is 0. The van der Waals surface area contributed by atoms with Crippen molar-refractivity contribution in [2.75, 3.05) is 0 Å². The molecule has 0 saturated carbocycles. The van der Waals surface area contributed by atoms with Crippen molar-refractivity contribution in [3.63, 3.8) is 0 Å². The number of aliphatic carboxylic acids is 2. The van der Waals surface area contributed by atoms with Crippen LogP contribution in [0, 0.1) is 5.92 Å². The minimum atomic E-state index is -1.18. The van der Waals surface area contributed by atoms with Crippen LogP contribution in [0.25, 0.3) is 10.9 Å². The van der Waals surface area contributed by atoms with Gasteiger partial charge in [-0.05, 0) is 30.9 Å². The lowest BCUT2D eigenvalue weighted by Crippen LogP contribution is -2.57. The molecule has 0 bridgehead atoms. The van der Waals surface area contributed by atoms with E-state index in [0.717, 1.165) is 16.5 Å². The average Bonchev–Trinajstić information content (AvgIpc) is 3.27. The lowest BCUT2D eigenvalue weighted by Gasteiger charge is -2.25. The Morgan fingerprint density at radius 2 is 1.65 bits per heavy atom. The number of hydrogen-bond donors (Lipinski definition) is 7. The van der Waals surface area contributed by atoms with Crippen molar-refractivity contribution in [3.8, 4) is 0 Å². The Morgan fingerprint density at radius 1 is 0.973 bits per heavy atom. The molecule has 0 aliphatic rings. The minimum absolute atomic E-state index is 0.0617. The highest BCUT2D eigenvalue weighted by Gasteiger charge is 2.30. The van der Waals surface area contributed by atoms with Crippen LogP contribution in [0.2, 0.25) is 0 Å². The molecule has 3 amide bonds. The van der Waals surface area contributed by atoms with Gasteiger partial charge < -0.3 is 36.9 Å². The number of carboxylic acids is 2. The number of nitrogens with two attached hydrogens (primary N) is 1. The Balaban J connectivity index is 2.18. The number of carbonyl (C=O) groups excluding carboxylic acids is 3. The molecular weight excluding hydrogens is 482 g/mol. The molecule has 0 spiro atoms. The summed E-state index contributed by atoms with van der Waals surface area (Å²) in [5.41, 5.74) is 7.38. The number of para-hydroxylation sites is 1. The number of amides is 3. The third-order valence-electron chi connectivity index (χ3n) is 6.27. The standard InChI is InChI=1S/C25H35N5O7/c1-4-13(2)21(25(36)37)30-22(33)14(3)28-24(35)19(29-23(34)17(26)9-10-20(31)32)11-15-12-27-18-8-6-5-7-16(15)18/h5-8,12-14,17,19,21,27H,4,9-11,26H2,1-3H3,(H,28,35)(H,29,34)(H,30,33)(H,31,32)(H,36,37). The second-order valence-electron chi connectivity index (χ2n) is 9.10. The van der Waals surface area contributed by atoms with Gasteiger partial charge in [-0.1, -0.05) is 38.5 Å². The van der Waals surface area contributed by atoms with Gasteiger partial charge in [0, 0.05) is 29.9 Å². The molecule has 0 saturated heterocycles. The van der Waals surface area contributed by atoms with Gasteiger partial charge in [0.2, 0.25) is 17.7 Å². The number of aromatic amines is 1. The van der Waals surface area contributed by atoms with Gasteiger partial charge in [0.1, 0.15) is 18.1 Å². The van der Waals surface area contributed by atoms with Crippen LogP contribution in [0.15, 0.2) is 30.5 Å². The third-order valence-corrected chi connectivity index (χ3v) is 6.27. The second-order valence-corrected chi connectivity index (χ2v) is 9.10. The van der Waals surface area contributed by atoms with Crippen molar-refractivity contribution in [1.82, 2.24) is 20.9 Å². The summed E-state index contributed by atoms with van der Waals surface area (Å²) in [4.78, 5) is 64.0. The molecule has 1 aromatic heterocycles. The van der Waals surface area contributed by atoms with Gasteiger partial charge in [-0.25, -0.2) is 4.79 Å². The third kappa shape index (κ3) is 8.31. The summed E-state index contributed by atoms with van der Waals surface area (Å²) >= 11 is 0. The molecular formula is C25H35N5O7. The lowest BCUT2D eigenvalue weighted by molar-refractivity contribution is -0.143. The van der Waals surface area contributed by atoms with Crippen LogP contribution in [0.1, 0.15) is 45.6 Å². The summed E-state index contributed by atoms with van der Waals surface area (Å²) in [6.45, 7) is 4.91. The zero-order valence-corrected chi connectivity index (χ0v) is 21.1. The number of rotatable bonds is 14. The van der Waals surface area contributed by atoms with Crippen molar-refractivity contribution >= 4 is 40.6 Å². The normalized spacial score (nSPS) is 15.1. The summed E-state index contributed by atoms with van der Waals surface area (Å²) in [6.07, 6.45) is 1.87. The van der Waals surface area contributed by atoms with E-state index in [-0.39, 0.29) is 25.2 Å². The van der Waals surface area contributed by atoms with Crippen LogP contribution in [0.5, 0.6) is 0 Å². The van der Waals surface area contributed by atoms with Gasteiger partial charge in [-0.15, -0.1) is 0 Å². The maximum absolute atomic E-state index is 13.2. The topological polar surface area (TPSA) is 204 Å². The number of carbonyl (C=O) groups is 5. The Labute approximate surface area is 214 Å². The molecule has 0 aliphatic carbocycles. The fourth-order valence-electron chi connectivity index (χ4n) is 3.76. The average molecular weight is 518 g/mol. The van der Waals surface area contributed by atoms with Gasteiger partial charge in [-0.2, -0.15) is 0 Å². The smallest absolute Gasteiger partial charge is 0.326 e. The van der Waals surface area contributed by atoms with Crippen molar-refractivity contribution in [1.29, 1.82) is 0 Å². The van der Waals surface area contributed by atoms with Gasteiger partial charge >= 0.3 is 11.9 Å². The second kappa shape index (κ2) is 13.4. The van der Waals surface area contributed by atoms with Gasteiger partial charge in [0.05, 0.1) is 6.04 Å². The quantitative estimate of drug-likeness (QED) is 0.188. The van der Waals surface area contributed by atoms with Gasteiger partial charge in [-0.3, -0.25) is 19.2 Å². The van der Waals surface area contributed by atoms with Crippen molar-refractivity contribution in [3.05, 3.63) is 36.0 Å². The fourth-order valence-corrected chi connectivity index (χ4v) is 3.76. The maximum atomic E-state index is 13.2. The van der Waals surface area contributed by atoms with Crippen LogP contribution >= 0.6 is 0 Å². The number of benzene rings is 1. The summed E-state index contributed by atoms with van der Waals surface area (Å²) in [6, 6.07) is 2.89. The first-order valence-corrected chi connectivity index (χ1v) is 12.1. The molecule has 1 heterocycles. The Bertz CT molecular complexity index is 1130. The van der Waals surface area contributed by atoms with Gasteiger partial charge in [0.25, 0.3) is 0 Å². The van der Waals surface area contributed by atoms with Crippen LogP contribution in [0.4, 0.5) is 0 Å². The zero-order chi connectivity index (χ0) is 27.7. The molecule has 0 radical (unpaired) electrons. The van der Waals surface area contributed by atoms with Crippen LogP contribution in [-0.2, 0) is 30.4 Å². The Morgan fingerprint density at radius 3 is 2.27 bits per heavy atom. The first-order chi connectivity index (χ1) is 17.4. The van der Waals surface area contributed by atoms with Crippen LogP contribution < -0.4 is 21.7 Å². The van der Waals surface area contributed by atoms with E-state index in [1.165, 1.54) is 6.92 Å². The minimum Gasteiger partial charge on any atom is -0.481 e. The van der Waals surface area contributed by atoms with Crippen LogP contribution in [0.3, 0.4) is 0 Å². The molecule has 2 rings (SSSR count). The molecule has 0 aliphatic heterocycles. The SMILES string of the molecule is CCC(C)C(NC(=O)C(C)NC(=O)C(Cc1c[nH]c2ccccc12)NC(=O)C(N)CCC(=O)O)C(=O)O. The predicted molar refractivity (Wildman–Crippen MR) is 135 cm³/mol. The monoisotopic (exact) mass is 517 g/mol. The molecule has 8 N–H and O–H groups in total. The van der Waals surface area contributed by atoms with E-state index in [2.05, 4.69) is 20.9 Å². The molecule has 2 aromatic rings. The Hall–Kier alpha value is -3.93. The highest BCUT2D eigenvalue weighted by molar-refractivity contribution is 5.94. The Kier molecular flexibility index (Phi) is 10.6.